The maximum absolute atomic E-state index is 13.1. The fraction of sp³-hybridized carbons (Fsp3) is 0.385. The van der Waals surface area contributed by atoms with Crippen molar-refractivity contribution in [1.82, 2.24) is 15.5 Å². The van der Waals surface area contributed by atoms with Gasteiger partial charge in [-0.3, -0.25) is 14.9 Å². The molecule has 0 saturated heterocycles. The van der Waals surface area contributed by atoms with Gasteiger partial charge in [-0.2, -0.15) is 0 Å². The van der Waals surface area contributed by atoms with Crippen LogP contribution < -0.4 is 20.1 Å². The number of fused-ring (bicyclic) bond motifs is 1. The molecule has 2 heterocycles. The molecule has 0 bridgehead atoms. The minimum atomic E-state index is -0.704. The van der Waals surface area contributed by atoms with Crippen molar-refractivity contribution >= 4 is 28.3 Å². The van der Waals surface area contributed by atoms with Crippen LogP contribution in [0.25, 0.3) is 10.6 Å². The Kier molecular flexibility index (Phi) is 7.97. The molecule has 0 aliphatic carbocycles. The second-order valence-corrected chi connectivity index (χ2v) is 9.58. The van der Waals surface area contributed by atoms with Gasteiger partial charge in [-0.25, -0.2) is 0 Å². The van der Waals surface area contributed by atoms with E-state index in [0.717, 1.165) is 31.2 Å². The van der Waals surface area contributed by atoms with Gasteiger partial charge in [0.25, 0.3) is 5.91 Å². The van der Waals surface area contributed by atoms with Crippen molar-refractivity contribution in [1.29, 1.82) is 0 Å². The van der Waals surface area contributed by atoms with E-state index in [9.17, 15) is 9.59 Å². The van der Waals surface area contributed by atoms with Gasteiger partial charge in [0, 0.05) is 11.1 Å². The summed E-state index contributed by atoms with van der Waals surface area (Å²) in [5, 5.41) is 15.1. The summed E-state index contributed by atoms with van der Waals surface area (Å²) in [5.41, 5.74) is 2.56. The summed E-state index contributed by atoms with van der Waals surface area (Å²) >= 11 is 1.26. The van der Waals surface area contributed by atoms with E-state index in [-0.39, 0.29) is 24.5 Å². The molecule has 2 N–H and O–H groups in total. The lowest BCUT2D eigenvalue weighted by Gasteiger charge is -2.23. The van der Waals surface area contributed by atoms with Gasteiger partial charge in [0.2, 0.25) is 17.8 Å². The number of hydrogen-bond acceptors (Lipinski definition) is 7. The molecule has 9 heteroatoms. The number of rotatable bonds is 10. The van der Waals surface area contributed by atoms with Gasteiger partial charge >= 0.3 is 0 Å². The Morgan fingerprint density at radius 3 is 2.57 bits per heavy atom. The zero-order valence-electron chi connectivity index (χ0n) is 20.2. The monoisotopic (exact) mass is 494 g/mol. The number of benzene rings is 2. The summed E-state index contributed by atoms with van der Waals surface area (Å²) in [6.07, 6.45) is 3.96. The van der Waals surface area contributed by atoms with E-state index in [4.69, 9.17) is 9.47 Å². The molecule has 35 heavy (non-hydrogen) atoms. The number of aryl methyl sites for hydroxylation is 1. The van der Waals surface area contributed by atoms with E-state index in [1.807, 2.05) is 56.3 Å². The zero-order chi connectivity index (χ0) is 24.8. The van der Waals surface area contributed by atoms with Gasteiger partial charge in [-0.1, -0.05) is 57.1 Å². The molecule has 0 fully saturated rings. The van der Waals surface area contributed by atoms with Gasteiger partial charge < -0.3 is 14.8 Å². The van der Waals surface area contributed by atoms with Gasteiger partial charge in [-0.15, -0.1) is 10.2 Å². The Labute approximate surface area is 209 Å². The van der Waals surface area contributed by atoms with Crippen LogP contribution in [-0.2, 0) is 11.2 Å². The number of carbonyl (C=O) groups is 2. The molecular formula is C26H30N4O4S. The molecule has 2 atom stereocenters. The van der Waals surface area contributed by atoms with Crippen LogP contribution in [0.4, 0.5) is 5.13 Å². The first-order valence-electron chi connectivity index (χ1n) is 11.9. The summed E-state index contributed by atoms with van der Waals surface area (Å²) < 4.78 is 10.8. The first-order valence-corrected chi connectivity index (χ1v) is 12.7. The maximum atomic E-state index is 13.1. The highest BCUT2D eigenvalue weighted by atomic mass is 32.1. The lowest BCUT2D eigenvalue weighted by molar-refractivity contribution is -0.119. The third-order valence-electron chi connectivity index (χ3n) is 6.09. The molecule has 3 aromatic rings. The summed E-state index contributed by atoms with van der Waals surface area (Å²) in [4.78, 5) is 26.0. The molecule has 1 aromatic heterocycles. The average molecular weight is 495 g/mol. The van der Waals surface area contributed by atoms with Gasteiger partial charge in [0.15, 0.2) is 11.5 Å². The first-order chi connectivity index (χ1) is 17.0. The van der Waals surface area contributed by atoms with E-state index in [1.165, 1.54) is 16.9 Å². The number of carbonyl (C=O) groups excluding carboxylic acids is 2. The molecular weight excluding hydrogens is 464 g/mol. The van der Waals surface area contributed by atoms with Gasteiger partial charge in [0.1, 0.15) is 11.0 Å². The smallest absolute Gasteiger partial charge is 0.251 e. The van der Waals surface area contributed by atoms with Crippen molar-refractivity contribution in [2.45, 2.75) is 52.5 Å². The summed E-state index contributed by atoms with van der Waals surface area (Å²) in [5.74, 6) is 0.686. The van der Waals surface area contributed by atoms with Crippen LogP contribution >= 0.6 is 11.3 Å². The number of amides is 2. The number of aromatic nitrogens is 2. The Morgan fingerprint density at radius 2 is 1.83 bits per heavy atom. The highest BCUT2D eigenvalue weighted by molar-refractivity contribution is 7.18. The lowest BCUT2D eigenvalue weighted by atomic mass is 9.97. The van der Waals surface area contributed by atoms with E-state index >= 15 is 0 Å². The molecule has 1 aliphatic rings. The van der Waals surface area contributed by atoms with Crippen LogP contribution in [0.15, 0.2) is 42.5 Å². The number of ether oxygens (including phenoxy) is 2. The minimum Gasteiger partial charge on any atom is -0.454 e. The third-order valence-corrected chi connectivity index (χ3v) is 6.98. The molecule has 2 amide bonds. The number of unbranched alkanes of at least 4 members (excludes halogenated alkanes) is 1. The lowest BCUT2D eigenvalue weighted by Crippen LogP contribution is -2.47. The van der Waals surface area contributed by atoms with Crippen molar-refractivity contribution in [3.05, 3.63) is 53.6 Å². The predicted molar refractivity (Wildman–Crippen MR) is 136 cm³/mol. The number of nitrogens with zero attached hydrogens (tertiary/aromatic N) is 2. The zero-order valence-corrected chi connectivity index (χ0v) is 21.0. The Morgan fingerprint density at radius 1 is 1.06 bits per heavy atom. The van der Waals surface area contributed by atoms with E-state index in [0.29, 0.717) is 27.2 Å². The van der Waals surface area contributed by atoms with Crippen LogP contribution in [0.5, 0.6) is 11.5 Å². The van der Waals surface area contributed by atoms with Crippen molar-refractivity contribution in [3.8, 4) is 22.1 Å². The van der Waals surface area contributed by atoms with Crippen molar-refractivity contribution in [3.63, 3.8) is 0 Å². The quantitative estimate of drug-likeness (QED) is 0.408. The van der Waals surface area contributed by atoms with Gasteiger partial charge in [0.05, 0.1) is 0 Å². The largest absolute Gasteiger partial charge is 0.454 e. The third kappa shape index (κ3) is 5.97. The molecule has 8 nitrogen and oxygen atoms in total. The van der Waals surface area contributed by atoms with Crippen molar-refractivity contribution < 1.29 is 19.1 Å². The number of nitrogens with one attached hydrogen (secondary N) is 2. The van der Waals surface area contributed by atoms with E-state index in [2.05, 4.69) is 27.8 Å². The minimum absolute atomic E-state index is 0.0657. The fourth-order valence-electron chi connectivity index (χ4n) is 3.73. The van der Waals surface area contributed by atoms with Crippen molar-refractivity contribution in [2.75, 3.05) is 12.1 Å². The standard InChI is InChI=1S/C26H30N4O4S/c1-4-6-7-17-8-10-18(11-9-17)23(31)27-22(16(3)5-2)24(32)28-26-30-29-25(35-26)19-12-13-20-21(14-19)34-15-33-20/h8-14,16,22H,4-7,15H2,1-3H3,(H,27,31)(H,28,30,32)/t16-,22+/m1/s1. The average Bonchev–Trinajstić information content (AvgIpc) is 3.54. The first kappa shape index (κ1) is 24.7. The molecule has 184 valence electrons. The molecule has 0 radical (unpaired) electrons. The van der Waals surface area contributed by atoms with Crippen molar-refractivity contribution in [2.24, 2.45) is 5.92 Å². The number of hydrogen-bond donors (Lipinski definition) is 2. The second-order valence-electron chi connectivity index (χ2n) is 8.61. The Hall–Kier alpha value is -3.46. The van der Waals surface area contributed by atoms with Crippen LogP contribution in [0.1, 0.15) is 56.0 Å². The SMILES string of the molecule is CCCCc1ccc(C(=O)N[C@H](C(=O)Nc2nnc(-c3ccc4c(c3)OCO4)s2)[C@H](C)CC)cc1. The number of anilines is 1. The Bertz CT molecular complexity index is 1180. The summed E-state index contributed by atoms with van der Waals surface area (Å²) in [6.45, 7) is 6.28. The Balaban J connectivity index is 1.42. The van der Waals surface area contributed by atoms with Crippen LogP contribution in [-0.4, -0.2) is 34.8 Å². The topological polar surface area (TPSA) is 102 Å². The van der Waals surface area contributed by atoms with Crippen LogP contribution in [0.2, 0.25) is 0 Å². The molecule has 1 aliphatic heterocycles. The molecule has 0 unspecified atom stereocenters. The molecule has 0 spiro atoms. The van der Waals surface area contributed by atoms with E-state index in [1.54, 1.807) is 0 Å². The second kappa shape index (κ2) is 11.3. The molecule has 4 rings (SSSR count). The fourth-order valence-corrected chi connectivity index (χ4v) is 4.48. The van der Waals surface area contributed by atoms with Crippen LogP contribution in [0.3, 0.4) is 0 Å². The maximum Gasteiger partial charge on any atom is 0.251 e. The predicted octanol–water partition coefficient (Wildman–Crippen LogP) is 5.06. The highest BCUT2D eigenvalue weighted by Gasteiger charge is 2.27. The summed E-state index contributed by atoms with van der Waals surface area (Å²) in [6, 6.07) is 12.4. The molecule has 2 aromatic carbocycles. The molecule has 0 saturated carbocycles. The van der Waals surface area contributed by atoms with Crippen LogP contribution in [0, 0.1) is 5.92 Å². The van der Waals surface area contributed by atoms with Gasteiger partial charge in [-0.05, 0) is 54.7 Å². The summed E-state index contributed by atoms with van der Waals surface area (Å²) in [7, 11) is 0. The van der Waals surface area contributed by atoms with E-state index < -0.39 is 6.04 Å². The highest BCUT2D eigenvalue weighted by Crippen LogP contribution is 2.37. The normalized spacial score (nSPS) is 13.8.